The summed E-state index contributed by atoms with van der Waals surface area (Å²) in [5.74, 6) is 1.71. The number of rotatable bonds is 8. The molecule has 0 fully saturated rings. The number of aliphatic hydroxyl groups is 1. The van der Waals surface area contributed by atoms with Crippen LogP contribution in [0, 0.1) is 0 Å². The van der Waals surface area contributed by atoms with Gasteiger partial charge in [0.05, 0.1) is 5.60 Å². The fourth-order valence-corrected chi connectivity index (χ4v) is 2.71. The minimum Gasteiger partial charge on any atom is -0.454 e. The number of benzene rings is 1. The zero-order chi connectivity index (χ0) is 16.0. The van der Waals surface area contributed by atoms with E-state index in [1.807, 2.05) is 19.9 Å². The molecule has 0 radical (unpaired) electrons. The Kier molecular flexibility index (Phi) is 5.90. The normalized spacial score (nSPS) is 14.5. The third-order valence-corrected chi connectivity index (χ3v) is 4.04. The lowest BCUT2D eigenvalue weighted by atomic mass is 9.97. The summed E-state index contributed by atoms with van der Waals surface area (Å²) < 4.78 is 10.7. The van der Waals surface area contributed by atoms with Crippen molar-refractivity contribution in [3.63, 3.8) is 0 Å². The molecule has 0 bridgehead atoms. The topological polar surface area (TPSA) is 38.7 Å². The Labute approximate surface area is 134 Å². The van der Waals surface area contributed by atoms with Crippen LogP contribution in [-0.2, 0) is 6.42 Å². The molecule has 0 unspecified atom stereocenters. The first-order valence-corrected chi connectivity index (χ1v) is 8.27. The Morgan fingerprint density at radius 3 is 2.77 bits per heavy atom. The molecule has 0 saturated heterocycles. The molecule has 0 amide bonds. The van der Waals surface area contributed by atoms with Crippen LogP contribution in [0.25, 0.3) is 0 Å². The lowest BCUT2D eigenvalue weighted by Gasteiger charge is -2.17. The monoisotopic (exact) mass is 304 g/mol. The molecule has 3 nitrogen and oxygen atoms in total. The van der Waals surface area contributed by atoms with E-state index in [-0.39, 0.29) is 0 Å². The second kappa shape index (κ2) is 7.68. The van der Waals surface area contributed by atoms with Gasteiger partial charge in [-0.15, -0.1) is 0 Å². The number of ether oxygens (including phenoxy) is 2. The molecule has 122 valence electrons. The Bertz CT molecular complexity index is 512. The van der Waals surface area contributed by atoms with Crippen molar-refractivity contribution in [2.24, 2.45) is 0 Å². The van der Waals surface area contributed by atoms with E-state index in [0.717, 1.165) is 50.0 Å². The molecule has 3 heteroatoms. The van der Waals surface area contributed by atoms with Crippen molar-refractivity contribution in [1.82, 2.24) is 0 Å². The minimum atomic E-state index is -0.550. The fraction of sp³-hybridized carbons (Fsp3) is 0.579. The van der Waals surface area contributed by atoms with E-state index in [1.165, 1.54) is 11.1 Å². The molecule has 1 heterocycles. The van der Waals surface area contributed by atoms with Crippen LogP contribution in [0.1, 0.15) is 58.4 Å². The maximum absolute atomic E-state index is 9.76. The summed E-state index contributed by atoms with van der Waals surface area (Å²) in [7, 11) is 0. The molecular weight excluding hydrogens is 276 g/mol. The fourth-order valence-electron chi connectivity index (χ4n) is 2.71. The van der Waals surface area contributed by atoms with Crippen molar-refractivity contribution in [3.05, 3.63) is 35.4 Å². The van der Waals surface area contributed by atoms with Crippen molar-refractivity contribution in [2.75, 3.05) is 6.79 Å². The minimum absolute atomic E-state index is 0.333. The Morgan fingerprint density at radius 2 is 2.05 bits per heavy atom. The summed E-state index contributed by atoms with van der Waals surface area (Å²) in [5.41, 5.74) is 2.23. The van der Waals surface area contributed by atoms with Crippen LogP contribution in [0.4, 0.5) is 0 Å². The van der Waals surface area contributed by atoms with E-state index < -0.39 is 5.60 Å². The highest BCUT2D eigenvalue weighted by Gasteiger charge is 2.13. The summed E-state index contributed by atoms with van der Waals surface area (Å²) in [6.45, 7) is 6.29. The van der Waals surface area contributed by atoms with Gasteiger partial charge in [0.2, 0.25) is 6.79 Å². The van der Waals surface area contributed by atoms with Gasteiger partial charge in [0.1, 0.15) is 0 Å². The largest absolute Gasteiger partial charge is 0.454 e. The standard InChI is InChI=1S/C19H28O3/c1-4-15(9-6-12-19(2,3)20)7-5-8-16-10-11-17-18(13-16)22-14-21-17/h7,10-11,13,20H,4-6,8-9,12,14H2,1-3H3/b15-7+. The molecular formula is C19H28O3. The highest BCUT2D eigenvalue weighted by Crippen LogP contribution is 2.32. The summed E-state index contributed by atoms with van der Waals surface area (Å²) in [6, 6.07) is 6.18. The molecule has 1 aliphatic heterocycles. The number of fused-ring (bicyclic) bond motifs is 1. The van der Waals surface area contributed by atoms with Gasteiger partial charge < -0.3 is 14.6 Å². The Hall–Kier alpha value is -1.48. The van der Waals surface area contributed by atoms with Crippen LogP contribution >= 0.6 is 0 Å². The van der Waals surface area contributed by atoms with E-state index in [2.05, 4.69) is 25.1 Å². The van der Waals surface area contributed by atoms with Crippen LogP contribution in [0.3, 0.4) is 0 Å². The van der Waals surface area contributed by atoms with Gasteiger partial charge in [-0.2, -0.15) is 0 Å². The molecule has 0 spiro atoms. The Balaban J connectivity index is 1.79. The SMILES string of the molecule is CC/C(=C\CCc1ccc2c(c1)OCO2)CCCC(C)(C)O. The summed E-state index contributed by atoms with van der Waals surface area (Å²) in [5, 5.41) is 9.76. The predicted octanol–water partition coefficient (Wildman–Crippen LogP) is 4.63. The van der Waals surface area contributed by atoms with Gasteiger partial charge in [0.25, 0.3) is 0 Å². The molecule has 1 aromatic rings. The van der Waals surface area contributed by atoms with Gasteiger partial charge in [-0.3, -0.25) is 0 Å². The van der Waals surface area contributed by atoms with E-state index >= 15 is 0 Å². The summed E-state index contributed by atoms with van der Waals surface area (Å²) in [6.07, 6.45) is 8.50. The molecule has 22 heavy (non-hydrogen) atoms. The van der Waals surface area contributed by atoms with E-state index in [1.54, 1.807) is 0 Å². The Morgan fingerprint density at radius 1 is 1.27 bits per heavy atom. The van der Waals surface area contributed by atoms with Gasteiger partial charge >= 0.3 is 0 Å². The molecule has 2 rings (SSSR count). The smallest absolute Gasteiger partial charge is 0.231 e. The predicted molar refractivity (Wildman–Crippen MR) is 89.4 cm³/mol. The molecule has 1 aromatic carbocycles. The van der Waals surface area contributed by atoms with Crippen LogP contribution in [-0.4, -0.2) is 17.5 Å². The van der Waals surface area contributed by atoms with Gasteiger partial charge in [0, 0.05) is 0 Å². The maximum atomic E-state index is 9.76. The highest BCUT2D eigenvalue weighted by molar-refractivity contribution is 5.44. The first-order valence-electron chi connectivity index (χ1n) is 8.27. The lowest BCUT2D eigenvalue weighted by Crippen LogP contribution is -2.17. The molecule has 1 aliphatic rings. The third kappa shape index (κ3) is 5.38. The number of aryl methyl sites for hydroxylation is 1. The van der Waals surface area contributed by atoms with Crippen LogP contribution in [0.5, 0.6) is 11.5 Å². The van der Waals surface area contributed by atoms with Crippen molar-refractivity contribution >= 4 is 0 Å². The molecule has 0 atom stereocenters. The average Bonchev–Trinajstić information content (AvgIpc) is 2.92. The first-order chi connectivity index (χ1) is 10.5. The zero-order valence-corrected chi connectivity index (χ0v) is 14.0. The third-order valence-electron chi connectivity index (χ3n) is 4.04. The maximum Gasteiger partial charge on any atom is 0.231 e. The second-order valence-electron chi connectivity index (χ2n) is 6.61. The first kappa shape index (κ1) is 16.9. The second-order valence-corrected chi connectivity index (χ2v) is 6.61. The molecule has 0 aliphatic carbocycles. The summed E-state index contributed by atoms with van der Waals surface area (Å²) >= 11 is 0. The quantitative estimate of drug-likeness (QED) is 0.712. The van der Waals surface area contributed by atoms with Gasteiger partial charge in [0.15, 0.2) is 11.5 Å². The van der Waals surface area contributed by atoms with Gasteiger partial charge in [-0.25, -0.2) is 0 Å². The van der Waals surface area contributed by atoms with Crippen molar-refractivity contribution in [1.29, 1.82) is 0 Å². The molecule has 0 saturated carbocycles. The van der Waals surface area contributed by atoms with E-state index in [4.69, 9.17) is 9.47 Å². The van der Waals surface area contributed by atoms with Crippen molar-refractivity contribution in [2.45, 2.75) is 64.9 Å². The number of hydrogen-bond acceptors (Lipinski definition) is 3. The van der Waals surface area contributed by atoms with Crippen LogP contribution in [0.15, 0.2) is 29.8 Å². The van der Waals surface area contributed by atoms with E-state index in [0.29, 0.717) is 6.79 Å². The number of allylic oxidation sites excluding steroid dienone is 2. The average molecular weight is 304 g/mol. The number of hydrogen-bond donors (Lipinski definition) is 1. The molecule has 0 aromatic heterocycles. The van der Waals surface area contributed by atoms with Crippen molar-refractivity contribution in [3.8, 4) is 11.5 Å². The highest BCUT2D eigenvalue weighted by atomic mass is 16.7. The summed E-state index contributed by atoms with van der Waals surface area (Å²) in [4.78, 5) is 0. The van der Waals surface area contributed by atoms with Gasteiger partial charge in [-0.05, 0) is 70.1 Å². The van der Waals surface area contributed by atoms with Crippen molar-refractivity contribution < 1.29 is 14.6 Å². The van der Waals surface area contributed by atoms with E-state index in [9.17, 15) is 5.11 Å². The zero-order valence-electron chi connectivity index (χ0n) is 14.0. The van der Waals surface area contributed by atoms with Crippen LogP contribution < -0.4 is 9.47 Å². The van der Waals surface area contributed by atoms with Crippen LogP contribution in [0.2, 0.25) is 0 Å². The van der Waals surface area contributed by atoms with Gasteiger partial charge in [-0.1, -0.05) is 24.6 Å². The molecule has 1 N–H and O–H groups in total. The lowest BCUT2D eigenvalue weighted by molar-refractivity contribution is 0.0689.